The van der Waals surface area contributed by atoms with Crippen LogP contribution in [0.3, 0.4) is 0 Å². The zero-order valence-corrected chi connectivity index (χ0v) is 26.7. The van der Waals surface area contributed by atoms with E-state index in [9.17, 15) is 19.2 Å². The third-order valence-electron chi connectivity index (χ3n) is 4.55. The second-order valence-electron chi connectivity index (χ2n) is 7.12. The van der Waals surface area contributed by atoms with E-state index in [0.717, 1.165) is 0 Å². The molecule has 4 N–H and O–H groups in total. The molecule has 4 aromatic rings. The average molecular weight is 807 g/mol. The van der Waals surface area contributed by atoms with Gasteiger partial charge >= 0.3 is 62.8 Å². The Balaban J connectivity index is 0. The third-order valence-corrected chi connectivity index (χ3v) is 4.55. The molecule has 0 amide bonds. The molecule has 0 saturated carbocycles. The van der Waals surface area contributed by atoms with Gasteiger partial charge in [-0.05, 0) is 48.5 Å². The number of thiocarbonyl (C=S) groups is 2. The molecule has 0 fully saturated rings. The number of pyridine rings is 4. The van der Waals surface area contributed by atoms with E-state index >= 15 is 0 Å². The van der Waals surface area contributed by atoms with Crippen LogP contribution in [0.25, 0.3) is 33.6 Å². The summed E-state index contributed by atoms with van der Waals surface area (Å²) in [5.41, 5.74) is 1.56. The molecule has 0 atom stereocenters. The van der Waals surface area contributed by atoms with Gasteiger partial charge in [0, 0.05) is 24.8 Å². The number of aromatic carboxylic acids is 4. The van der Waals surface area contributed by atoms with Crippen LogP contribution in [0, 0.1) is 0 Å². The van der Waals surface area contributed by atoms with E-state index in [1.165, 1.54) is 83.6 Å². The quantitative estimate of drug-likeness (QED) is 0.120. The van der Waals surface area contributed by atoms with Crippen molar-refractivity contribution in [2.24, 2.45) is 0 Å². The first-order valence-electron chi connectivity index (χ1n) is 10.8. The Morgan fingerprint density at radius 1 is 0.500 bits per heavy atom. The van der Waals surface area contributed by atoms with Crippen molar-refractivity contribution < 1.29 is 78.6 Å². The molecule has 0 aliphatic heterocycles. The molecule has 0 unspecified atom stereocenters. The van der Waals surface area contributed by atoms with Crippen LogP contribution in [-0.2, 0) is 39.0 Å². The van der Waals surface area contributed by atoms with Gasteiger partial charge in [0.1, 0.15) is 0 Å². The first-order chi connectivity index (χ1) is 20.0. The summed E-state index contributed by atoms with van der Waals surface area (Å²) in [5.74, 6) is -4.30. The van der Waals surface area contributed by atoms with Gasteiger partial charge in [-0.3, -0.25) is 19.9 Å². The molecule has 0 saturated heterocycles. The number of carbonyl (C=O) groups is 4. The summed E-state index contributed by atoms with van der Waals surface area (Å²) < 4.78 is 0. The standard InChI is InChI=1S/2C12H8N2O4.2CNS.2Ru/c2*15-11(16)7-1-3-13-9(5-7)10-6-8(12(17)18)2-4-14-10;2*2-1-3;;/h2*1-6H,(H,15,16)(H,17,18);;;;/q;;2*-1;2*+2. The van der Waals surface area contributed by atoms with Gasteiger partial charge in [-0.1, -0.05) is 24.4 Å². The second-order valence-corrected chi connectivity index (χ2v) is 7.49. The van der Waals surface area contributed by atoms with Crippen molar-refractivity contribution in [3.05, 3.63) is 106 Å². The van der Waals surface area contributed by atoms with Gasteiger partial charge in [0.2, 0.25) is 0 Å². The number of nitrogens with zero attached hydrogens (tertiary/aromatic N) is 6. The first kappa shape index (κ1) is 41.5. The summed E-state index contributed by atoms with van der Waals surface area (Å²) >= 11 is 7.40. The topological polar surface area (TPSA) is 245 Å². The number of aromatic nitrogens is 4. The smallest absolute Gasteiger partial charge is 0.753 e. The molecule has 0 bridgehead atoms. The van der Waals surface area contributed by atoms with E-state index in [1.807, 2.05) is 0 Å². The average Bonchev–Trinajstić information content (AvgIpc) is 2.98. The number of rotatable bonds is 6. The van der Waals surface area contributed by atoms with E-state index < -0.39 is 23.9 Å². The fourth-order valence-electron chi connectivity index (χ4n) is 2.81. The number of carboxylic acids is 4. The summed E-state index contributed by atoms with van der Waals surface area (Å²) in [6, 6.07) is 10.8. The Bertz CT molecular complexity index is 1450. The van der Waals surface area contributed by atoms with Crippen molar-refractivity contribution in [2.75, 3.05) is 0 Å². The minimum absolute atomic E-state index is 0. The maximum absolute atomic E-state index is 10.8. The van der Waals surface area contributed by atoms with Crippen molar-refractivity contribution in [2.45, 2.75) is 0 Å². The largest absolute Gasteiger partial charge is 2.00 e. The Hall–Kier alpha value is -4.67. The molecule has 0 aromatic carbocycles. The number of hydrogen-bond acceptors (Lipinski definition) is 10. The molecule has 14 nitrogen and oxygen atoms in total. The van der Waals surface area contributed by atoms with Crippen LogP contribution in [0.4, 0.5) is 0 Å². The maximum atomic E-state index is 10.8. The van der Waals surface area contributed by atoms with Crippen LogP contribution in [0.1, 0.15) is 41.4 Å². The van der Waals surface area contributed by atoms with Gasteiger partial charge < -0.3 is 31.2 Å². The molecule has 224 valence electrons. The Morgan fingerprint density at radius 2 is 0.659 bits per heavy atom. The molecule has 4 heterocycles. The minimum atomic E-state index is -1.08. The molecule has 0 aliphatic carbocycles. The molecule has 4 aromatic heterocycles. The summed E-state index contributed by atoms with van der Waals surface area (Å²) in [7, 11) is 0. The van der Waals surface area contributed by atoms with Gasteiger partial charge in [0.05, 0.1) is 45.0 Å². The van der Waals surface area contributed by atoms with Crippen molar-refractivity contribution in [1.29, 1.82) is 0 Å². The van der Waals surface area contributed by atoms with Gasteiger partial charge in [0.15, 0.2) is 0 Å². The van der Waals surface area contributed by atoms with E-state index in [2.05, 4.69) is 44.4 Å². The Morgan fingerprint density at radius 3 is 0.795 bits per heavy atom. The van der Waals surface area contributed by atoms with Crippen molar-refractivity contribution in [1.82, 2.24) is 19.9 Å². The van der Waals surface area contributed by atoms with Crippen LogP contribution in [0.15, 0.2) is 73.3 Å². The number of carboxylic acid groups (broad SMARTS) is 4. The first-order valence-corrected chi connectivity index (χ1v) is 11.6. The van der Waals surface area contributed by atoms with Crippen LogP contribution < -0.4 is 0 Å². The van der Waals surface area contributed by atoms with E-state index in [0.29, 0.717) is 22.8 Å². The summed E-state index contributed by atoms with van der Waals surface area (Å²) in [5, 5.41) is 52.4. The van der Waals surface area contributed by atoms with Gasteiger partial charge in [-0.15, -0.1) is 0 Å². The van der Waals surface area contributed by atoms with Gasteiger partial charge in [-0.25, -0.2) is 19.2 Å². The van der Waals surface area contributed by atoms with Crippen molar-refractivity contribution in [3.8, 4) is 22.8 Å². The van der Waals surface area contributed by atoms with Crippen molar-refractivity contribution in [3.63, 3.8) is 0 Å². The van der Waals surface area contributed by atoms with Crippen LogP contribution in [0.5, 0.6) is 0 Å². The molecule has 0 aliphatic rings. The Labute approximate surface area is 284 Å². The zero-order chi connectivity index (χ0) is 31.7. The molecular formula is C26H16N6O8Ru2S2+2. The number of hydrogen-bond donors (Lipinski definition) is 4. The molecule has 0 radical (unpaired) electrons. The summed E-state index contributed by atoms with van der Waals surface area (Å²) in [6.07, 6.45) is 5.36. The summed E-state index contributed by atoms with van der Waals surface area (Å²) in [4.78, 5) is 59.2. The predicted octanol–water partition coefficient (Wildman–Crippen LogP) is 4.39. The normalized spacial score (nSPS) is 8.55. The molecule has 0 spiro atoms. The monoisotopic (exact) mass is 808 g/mol. The Kier molecular flexibility index (Phi) is 20.7. The van der Waals surface area contributed by atoms with Gasteiger partial charge in [-0.2, -0.15) is 10.3 Å². The van der Waals surface area contributed by atoms with E-state index in [4.69, 9.17) is 31.2 Å². The molecular weight excluding hydrogens is 791 g/mol. The van der Waals surface area contributed by atoms with Crippen LogP contribution >= 0.6 is 24.4 Å². The molecule has 18 heteroatoms. The minimum Gasteiger partial charge on any atom is -0.753 e. The van der Waals surface area contributed by atoms with Crippen molar-refractivity contribution >= 4 is 58.6 Å². The number of isothiocyanates is 2. The maximum Gasteiger partial charge on any atom is 2.00 e. The molecule has 44 heavy (non-hydrogen) atoms. The van der Waals surface area contributed by atoms with Gasteiger partial charge in [0.25, 0.3) is 0 Å². The van der Waals surface area contributed by atoms with E-state index in [1.54, 1.807) is 0 Å². The zero-order valence-electron chi connectivity index (χ0n) is 21.6. The third kappa shape index (κ3) is 14.0. The van der Waals surface area contributed by atoms with E-state index in [-0.39, 0.29) is 61.2 Å². The fourth-order valence-corrected chi connectivity index (χ4v) is 2.81. The van der Waals surface area contributed by atoms with Crippen LogP contribution in [-0.4, -0.2) is 74.6 Å². The predicted molar refractivity (Wildman–Crippen MR) is 155 cm³/mol. The van der Waals surface area contributed by atoms with Crippen LogP contribution in [0.2, 0.25) is 0 Å². The fraction of sp³-hybridized carbons (Fsp3) is 0. The molecule has 4 rings (SSSR count). The summed E-state index contributed by atoms with van der Waals surface area (Å²) in [6.45, 7) is 0. The second kappa shape index (κ2) is 21.9. The SMILES string of the molecule is O=C(O)c1ccnc(-c2cc(C(=O)O)ccn2)c1.O=C(O)c1ccnc(-c2cc(C(=O)O)ccn2)c1.[N-]=C=S.[N-]=C=S.[Ru+2].[Ru+2].